The lowest BCUT2D eigenvalue weighted by Gasteiger charge is -2.10. The van der Waals surface area contributed by atoms with Gasteiger partial charge in [-0.15, -0.1) is 0 Å². The number of hydrogen-bond acceptors (Lipinski definition) is 3. The minimum Gasteiger partial charge on any atom is -0.478 e. The molecule has 0 spiro atoms. The summed E-state index contributed by atoms with van der Waals surface area (Å²) in [5.41, 5.74) is -0.734. The Balaban J connectivity index is 2.29. The fraction of sp³-hybridized carbons (Fsp3) is 0.357. The van der Waals surface area contributed by atoms with E-state index in [-0.39, 0.29) is 11.1 Å². The van der Waals surface area contributed by atoms with Crippen molar-refractivity contribution in [3.63, 3.8) is 0 Å². The molecule has 0 aliphatic heterocycles. The molecular weight excluding hydrogens is 260 g/mol. The second-order valence-corrected chi connectivity index (χ2v) is 5.35. The van der Waals surface area contributed by atoms with Gasteiger partial charge >= 0.3 is 17.1 Å². The average molecular weight is 274 g/mol. The molecule has 20 heavy (non-hydrogen) atoms. The van der Waals surface area contributed by atoms with Crippen LogP contribution in [0.25, 0.3) is 11.0 Å². The smallest absolute Gasteiger partial charge is 0.337 e. The maximum absolute atomic E-state index is 12.0. The number of carbonyl (C=O) groups is 1. The number of nitrogens with zero attached hydrogens (tertiary/aromatic N) is 1. The van der Waals surface area contributed by atoms with Crippen LogP contribution in [0.4, 0.5) is 0 Å². The lowest BCUT2D eigenvalue weighted by atomic mass is 10.1. The zero-order valence-electron chi connectivity index (χ0n) is 10.9. The van der Waals surface area contributed by atoms with E-state index in [0.717, 1.165) is 6.42 Å². The van der Waals surface area contributed by atoms with E-state index in [1.807, 2.05) is 0 Å². The van der Waals surface area contributed by atoms with E-state index in [9.17, 15) is 14.4 Å². The largest absolute Gasteiger partial charge is 0.478 e. The number of para-hydroxylation sites is 1. The molecule has 2 unspecified atom stereocenters. The number of hydrogen-bond donors (Lipinski definition) is 2. The number of carboxylic acids is 1. The van der Waals surface area contributed by atoms with Crippen molar-refractivity contribution in [3.8, 4) is 0 Å². The van der Waals surface area contributed by atoms with Crippen LogP contribution in [0.3, 0.4) is 0 Å². The van der Waals surface area contributed by atoms with Crippen molar-refractivity contribution in [2.45, 2.75) is 19.9 Å². The number of nitrogens with one attached hydrogen (secondary N) is 1. The predicted octanol–water partition coefficient (Wildman–Crippen LogP) is 1.04. The standard InChI is InChI=1S/C14H14N2O4/c1-7-5-8(7)6-16-10-4-2-3-9(14(19)20)11(10)15-12(17)13(16)18/h2-4,7-8H,5-6H2,1H3,(H,15,17)(H,19,20). The molecular formula is C14H14N2O4. The number of H-pyrrole nitrogens is 1. The fourth-order valence-corrected chi connectivity index (χ4v) is 2.54. The van der Waals surface area contributed by atoms with Gasteiger partial charge in [-0.3, -0.25) is 9.59 Å². The van der Waals surface area contributed by atoms with Gasteiger partial charge in [0.05, 0.1) is 16.6 Å². The summed E-state index contributed by atoms with van der Waals surface area (Å²) in [5.74, 6) is -0.207. The maximum Gasteiger partial charge on any atom is 0.337 e. The summed E-state index contributed by atoms with van der Waals surface area (Å²) in [5, 5.41) is 9.16. The highest BCUT2D eigenvalue weighted by atomic mass is 16.4. The summed E-state index contributed by atoms with van der Waals surface area (Å²) in [7, 11) is 0. The number of benzene rings is 1. The highest BCUT2D eigenvalue weighted by molar-refractivity contribution is 6.00. The first-order chi connectivity index (χ1) is 9.49. The second kappa shape index (κ2) is 4.33. The zero-order valence-corrected chi connectivity index (χ0v) is 10.9. The SMILES string of the molecule is CC1CC1Cn1c(=O)c(=O)[nH]c2c(C(=O)O)cccc21. The van der Waals surface area contributed by atoms with Gasteiger partial charge in [-0.25, -0.2) is 4.79 Å². The lowest BCUT2D eigenvalue weighted by Crippen LogP contribution is -2.37. The van der Waals surface area contributed by atoms with Gasteiger partial charge in [-0.05, 0) is 30.4 Å². The Bertz CT molecular complexity index is 818. The van der Waals surface area contributed by atoms with Crippen molar-refractivity contribution in [1.29, 1.82) is 0 Å². The molecule has 3 rings (SSSR count). The Morgan fingerprint density at radius 1 is 1.45 bits per heavy atom. The van der Waals surface area contributed by atoms with Crippen molar-refractivity contribution >= 4 is 17.0 Å². The number of fused-ring (bicyclic) bond motifs is 1. The van der Waals surface area contributed by atoms with Gasteiger partial charge in [0, 0.05) is 6.54 Å². The van der Waals surface area contributed by atoms with Gasteiger partial charge in [0.1, 0.15) is 0 Å². The van der Waals surface area contributed by atoms with Gasteiger partial charge in [0.2, 0.25) is 0 Å². The Kier molecular flexibility index (Phi) is 2.74. The molecule has 104 valence electrons. The molecule has 0 amide bonds. The van der Waals surface area contributed by atoms with Crippen LogP contribution in [-0.4, -0.2) is 20.6 Å². The molecule has 2 N–H and O–H groups in total. The quantitative estimate of drug-likeness (QED) is 0.818. The fourth-order valence-electron chi connectivity index (χ4n) is 2.54. The molecule has 1 fully saturated rings. The molecule has 6 nitrogen and oxygen atoms in total. The summed E-state index contributed by atoms with van der Waals surface area (Å²) in [6.45, 7) is 2.55. The number of aromatic carboxylic acids is 1. The van der Waals surface area contributed by atoms with Crippen LogP contribution in [0.1, 0.15) is 23.7 Å². The van der Waals surface area contributed by atoms with Crippen LogP contribution in [0, 0.1) is 11.8 Å². The topological polar surface area (TPSA) is 92.2 Å². The van der Waals surface area contributed by atoms with Gasteiger partial charge in [-0.2, -0.15) is 0 Å². The third-order valence-electron chi connectivity index (χ3n) is 3.93. The molecule has 1 aromatic heterocycles. The van der Waals surface area contributed by atoms with Crippen molar-refractivity contribution in [2.75, 3.05) is 0 Å². The first-order valence-corrected chi connectivity index (χ1v) is 6.48. The van der Waals surface area contributed by atoms with Crippen molar-refractivity contribution in [1.82, 2.24) is 9.55 Å². The molecule has 1 aromatic carbocycles. The molecule has 1 heterocycles. The minimum absolute atomic E-state index is 0.00260. The second-order valence-electron chi connectivity index (χ2n) is 5.35. The van der Waals surface area contributed by atoms with E-state index < -0.39 is 17.1 Å². The zero-order chi connectivity index (χ0) is 14.4. The van der Waals surface area contributed by atoms with Gasteiger partial charge < -0.3 is 14.7 Å². The van der Waals surface area contributed by atoms with E-state index in [4.69, 9.17) is 5.11 Å². The van der Waals surface area contributed by atoms with Gasteiger partial charge in [0.25, 0.3) is 0 Å². The van der Waals surface area contributed by atoms with Crippen LogP contribution >= 0.6 is 0 Å². The van der Waals surface area contributed by atoms with Crippen LogP contribution in [0.5, 0.6) is 0 Å². The van der Waals surface area contributed by atoms with Crippen LogP contribution in [-0.2, 0) is 6.54 Å². The Morgan fingerprint density at radius 2 is 2.15 bits per heavy atom. The number of carboxylic acid groups (broad SMARTS) is 1. The van der Waals surface area contributed by atoms with E-state index in [0.29, 0.717) is 23.9 Å². The summed E-state index contributed by atoms with van der Waals surface area (Å²) in [6.07, 6.45) is 1.03. The summed E-state index contributed by atoms with van der Waals surface area (Å²) in [4.78, 5) is 37.3. The number of rotatable bonds is 3. The summed E-state index contributed by atoms with van der Waals surface area (Å²) >= 11 is 0. The third kappa shape index (κ3) is 1.93. The normalized spacial score (nSPS) is 21.1. The Morgan fingerprint density at radius 3 is 2.75 bits per heavy atom. The van der Waals surface area contributed by atoms with E-state index >= 15 is 0 Å². The lowest BCUT2D eigenvalue weighted by molar-refractivity contribution is 0.0699. The molecule has 6 heteroatoms. The van der Waals surface area contributed by atoms with Gasteiger partial charge in [0.15, 0.2) is 0 Å². The van der Waals surface area contributed by atoms with Crippen LogP contribution in [0.15, 0.2) is 27.8 Å². The van der Waals surface area contributed by atoms with E-state index in [1.54, 1.807) is 12.1 Å². The van der Waals surface area contributed by atoms with E-state index in [1.165, 1.54) is 10.6 Å². The van der Waals surface area contributed by atoms with Crippen molar-refractivity contribution < 1.29 is 9.90 Å². The predicted molar refractivity (Wildman–Crippen MR) is 73.1 cm³/mol. The third-order valence-corrected chi connectivity index (χ3v) is 3.93. The minimum atomic E-state index is -1.13. The molecule has 1 aliphatic rings. The van der Waals surface area contributed by atoms with E-state index in [2.05, 4.69) is 11.9 Å². The molecule has 0 saturated heterocycles. The first kappa shape index (κ1) is 12.7. The van der Waals surface area contributed by atoms with Crippen LogP contribution in [0.2, 0.25) is 0 Å². The molecule has 0 radical (unpaired) electrons. The summed E-state index contributed by atoms with van der Waals surface area (Å²) in [6, 6.07) is 4.65. The average Bonchev–Trinajstić information content (AvgIpc) is 3.09. The number of aromatic nitrogens is 2. The first-order valence-electron chi connectivity index (χ1n) is 6.48. The highest BCUT2D eigenvalue weighted by Crippen LogP contribution is 2.39. The molecule has 0 bridgehead atoms. The number of aromatic amines is 1. The summed E-state index contributed by atoms with van der Waals surface area (Å²) < 4.78 is 1.40. The molecule has 1 aliphatic carbocycles. The van der Waals surface area contributed by atoms with Crippen molar-refractivity contribution in [3.05, 3.63) is 44.5 Å². The molecule has 2 atom stereocenters. The Labute approximate surface area is 113 Å². The van der Waals surface area contributed by atoms with Crippen molar-refractivity contribution in [2.24, 2.45) is 11.8 Å². The monoisotopic (exact) mass is 274 g/mol. The van der Waals surface area contributed by atoms with Crippen LogP contribution < -0.4 is 11.1 Å². The highest BCUT2D eigenvalue weighted by Gasteiger charge is 2.33. The maximum atomic E-state index is 12.0. The molecule has 1 saturated carbocycles. The van der Waals surface area contributed by atoms with Gasteiger partial charge in [-0.1, -0.05) is 13.0 Å². The molecule has 2 aromatic rings. The Hall–Kier alpha value is -2.37.